The first-order chi connectivity index (χ1) is 4.18. The van der Waals surface area contributed by atoms with E-state index in [-0.39, 0.29) is 16.8 Å². The normalized spacial score (nSPS) is 11.8. The molecule has 63 valence electrons. The van der Waals surface area contributed by atoms with E-state index in [2.05, 4.69) is 0 Å². The molecule has 0 aromatic carbocycles. The molecule has 0 amide bonds. The minimum absolute atomic E-state index is 0. The van der Waals surface area contributed by atoms with Gasteiger partial charge in [-0.1, -0.05) is 0 Å². The first-order valence-electron chi connectivity index (χ1n) is 2.65. The summed E-state index contributed by atoms with van der Waals surface area (Å²) in [5.74, 6) is -0.1000. The minimum Gasteiger partial charge on any atom is -0.480 e. The van der Waals surface area contributed by atoms with Gasteiger partial charge >= 0.3 is 5.97 Å². The summed E-state index contributed by atoms with van der Waals surface area (Å²) in [7, 11) is 0. The van der Waals surface area contributed by atoms with Crippen molar-refractivity contribution in [3.05, 3.63) is 0 Å². The van der Waals surface area contributed by atoms with Crippen LogP contribution in [0.15, 0.2) is 0 Å². The molecule has 0 saturated carbocycles. The van der Waals surface area contributed by atoms with E-state index in [1.807, 2.05) is 6.26 Å². The first kappa shape index (κ1) is 12.9. The monoisotopic (exact) mass is 208 g/mol. The van der Waals surface area contributed by atoms with E-state index in [0.29, 0.717) is 6.42 Å². The van der Waals surface area contributed by atoms with Gasteiger partial charge in [-0.25, -0.2) is 0 Å². The standard InChI is InChI=1S/C5H11NO2S.Co/c1-9-3-2-4(6)5(7)8;/h4H,2-3,6H2,1H3,(H,7,8);. The molecule has 10 heavy (non-hydrogen) atoms. The molecule has 1 unspecified atom stereocenters. The molecule has 3 N–H and O–H groups in total. The zero-order chi connectivity index (χ0) is 7.28. The van der Waals surface area contributed by atoms with Crippen molar-refractivity contribution in [1.82, 2.24) is 0 Å². The second-order valence-electron chi connectivity index (χ2n) is 1.73. The van der Waals surface area contributed by atoms with E-state index >= 15 is 0 Å². The zero-order valence-electron chi connectivity index (χ0n) is 5.67. The molecule has 0 aliphatic carbocycles. The SMILES string of the molecule is CSCCC(N)C(=O)O.[Co]. The van der Waals surface area contributed by atoms with E-state index in [0.717, 1.165) is 5.75 Å². The molecular formula is C5H11CoNO2S. The summed E-state index contributed by atoms with van der Waals surface area (Å²) in [5.41, 5.74) is 5.19. The van der Waals surface area contributed by atoms with Crippen molar-refractivity contribution >= 4 is 17.7 Å². The van der Waals surface area contributed by atoms with Crippen molar-refractivity contribution in [2.24, 2.45) is 5.73 Å². The molecular weight excluding hydrogens is 197 g/mol. The largest absolute Gasteiger partial charge is 0.480 e. The molecule has 5 heteroatoms. The number of carbonyl (C=O) groups is 1. The fraction of sp³-hybridized carbons (Fsp3) is 0.800. The molecule has 0 aliphatic heterocycles. The molecule has 0 fully saturated rings. The van der Waals surface area contributed by atoms with Gasteiger partial charge in [0.1, 0.15) is 6.04 Å². The first-order valence-corrected chi connectivity index (χ1v) is 4.05. The Hall–Kier alpha value is 0.286. The maximum absolute atomic E-state index is 10.1. The molecule has 3 nitrogen and oxygen atoms in total. The fourth-order valence-corrected chi connectivity index (χ4v) is 0.858. The average Bonchev–Trinajstić information content (AvgIpc) is 1.82. The van der Waals surface area contributed by atoms with Gasteiger partial charge in [-0.2, -0.15) is 11.8 Å². The Morgan fingerprint density at radius 2 is 2.30 bits per heavy atom. The summed E-state index contributed by atoms with van der Waals surface area (Å²) < 4.78 is 0. The van der Waals surface area contributed by atoms with Gasteiger partial charge in [-0.15, -0.1) is 0 Å². The quantitative estimate of drug-likeness (QED) is 0.690. The number of rotatable bonds is 4. The fourth-order valence-electron chi connectivity index (χ4n) is 0.368. The van der Waals surface area contributed by atoms with Crippen molar-refractivity contribution < 1.29 is 26.7 Å². The van der Waals surface area contributed by atoms with E-state index in [4.69, 9.17) is 10.8 Å². The predicted octanol–water partition coefficient (Wildman–Crippen LogP) is 0.149. The van der Waals surface area contributed by atoms with E-state index in [1.165, 1.54) is 0 Å². The van der Waals surface area contributed by atoms with Gasteiger partial charge in [0.15, 0.2) is 0 Å². The molecule has 0 spiro atoms. The average molecular weight is 208 g/mol. The molecule has 0 heterocycles. The molecule has 0 rings (SSSR count). The Morgan fingerprint density at radius 3 is 2.60 bits per heavy atom. The third kappa shape index (κ3) is 6.41. The third-order valence-corrected chi connectivity index (χ3v) is 1.59. The van der Waals surface area contributed by atoms with Gasteiger partial charge in [0, 0.05) is 16.8 Å². The van der Waals surface area contributed by atoms with Crippen LogP contribution in [0.25, 0.3) is 0 Å². The van der Waals surface area contributed by atoms with Gasteiger partial charge in [0.2, 0.25) is 0 Å². The van der Waals surface area contributed by atoms with Crippen molar-refractivity contribution in [2.45, 2.75) is 12.5 Å². The van der Waals surface area contributed by atoms with Crippen LogP contribution in [0.5, 0.6) is 0 Å². The number of nitrogens with two attached hydrogens (primary N) is 1. The maximum atomic E-state index is 10.1. The summed E-state index contributed by atoms with van der Waals surface area (Å²) in [6.45, 7) is 0. The minimum atomic E-state index is -0.913. The van der Waals surface area contributed by atoms with Crippen LogP contribution in [-0.4, -0.2) is 29.1 Å². The van der Waals surface area contributed by atoms with Crippen LogP contribution >= 0.6 is 11.8 Å². The van der Waals surface area contributed by atoms with Crippen LogP contribution in [0.3, 0.4) is 0 Å². The number of carboxylic acids is 1. The Labute approximate surface area is 74.9 Å². The summed E-state index contributed by atoms with van der Waals surface area (Å²) in [5, 5.41) is 8.27. The van der Waals surface area contributed by atoms with Crippen LogP contribution in [0.1, 0.15) is 6.42 Å². The number of thioether (sulfide) groups is 1. The predicted molar refractivity (Wildman–Crippen MR) is 38.6 cm³/mol. The second-order valence-corrected chi connectivity index (χ2v) is 2.71. The number of hydrogen-bond acceptors (Lipinski definition) is 3. The van der Waals surface area contributed by atoms with Gasteiger partial charge in [0.05, 0.1) is 0 Å². The molecule has 0 aromatic heterocycles. The van der Waals surface area contributed by atoms with Crippen molar-refractivity contribution in [3.63, 3.8) is 0 Å². The topological polar surface area (TPSA) is 63.3 Å². The van der Waals surface area contributed by atoms with Crippen LogP contribution < -0.4 is 5.73 Å². The summed E-state index contributed by atoms with van der Waals surface area (Å²) in [6, 6.07) is -0.683. The van der Waals surface area contributed by atoms with Crippen molar-refractivity contribution in [2.75, 3.05) is 12.0 Å². The maximum Gasteiger partial charge on any atom is 0.320 e. The van der Waals surface area contributed by atoms with Gasteiger partial charge in [-0.3, -0.25) is 4.79 Å². The van der Waals surface area contributed by atoms with Gasteiger partial charge in [-0.05, 0) is 18.4 Å². The summed E-state index contributed by atoms with van der Waals surface area (Å²) in [6.07, 6.45) is 2.48. The van der Waals surface area contributed by atoms with Crippen molar-refractivity contribution in [3.8, 4) is 0 Å². The summed E-state index contributed by atoms with van der Waals surface area (Å²) >= 11 is 1.60. The smallest absolute Gasteiger partial charge is 0.320 e. The number of hydrogen-bond donors (Lipinski definition) is 2. The molecule has 0 saturated heterocycles. The van der Waals surface area contributed by atoms with Crippen LogP contribution in [-0.2, 0) is 21.6 Å². The Balaban J connectivity index is 0. The van der Waals surface area contributed by atoms with Crippen LogP contribution in [0, 0.1) is 0 Å². The van der Waals surface area contributed by atoms with Crippen LogP contribution in [0.2, 0.25) is 0 Å². The number of carboxylic acid groups (broad SMARTS) is 1. The molecule has 0 bridgehead atoms. The van der Waals surface area contributed by atoms with Gasteiger partial charge in [0.25, 0.3) is 0 Å². The number of aliphatic carboxylic acids is 1. The van der Waals surface area contributed by atoms with E-state index in [1.54, 1.807) is 11.8 Å². The molecule has 1 radical (unpaired) electrons. The summed E-state index contributed by atoms with van der Waals surface area (Å²) in [4.78, 5) is 10.1. The van der Waals surface area contributed by atoms with E-state index < -0.39 is 12.0 Å². The van der Waals surface area contributed by atoms with Crippen LogP contribution in [0.4, 0.5) is 0 Å². The molecule has 0 aromatic rings. The Kier molecular flexibility index (Phi) is 9.55. The zero-order valence-corrected chi connectivity index (χ0v) is 7.52. The second kappa shape index (κ2) is 7.39. The molecule has 1 atom stereocenters. The molecule has 0 aliphatic rings. The Morgan fingerprint density at radius 1 is 1.80 bits per heavy atom. The van der Waals surface area contributed by atoms with E-state index in [9.17, 15) is 4.79 Å². The third-order valence-electron chi connectivity index (χ3n) is 0.950. The van der Waals surface area contributed by atoms with Crippen molar-refractivity contribution in [1.29, 1.82) is 0 Å². The Bertz CT molecular complexity index is 102. The van der Waals surface area contributed by atoms with Gasteiger partial charge < -0.3 is 10.8 Å².